The molecule has 1 aromatic carbocycles. The molecular formula is C14H13Cl2NO2S. The minimum Gasteiger partial charge on any atom is -0.462 e. The standard InChI is InChI=1S/C14H13Cl2NO2S/c1-2-5-19-14(18)12-9(7-20-13(12)17)8-3-4-10(15)11(16)6-8/h3-4,6-7H,2,5,17H2,1H3. The maximum absolute atomic E-state index is 12.1. The summed E-state index contributed by atoms with van der Waals surface area (Å²) < 4.78 is 5.16. The number of carbonyl (C=O) groups excluding carboxylic acids is 1. The minimum absolute atomic E-state index is 0.370. The lowest BCUT2D eigenvalue weighted by Gasteiger charge is -2.07. The molecule has 20 heavy (non-hydrogen) atoms. The molecule has 0 unspecified atom stereocenters. The Hall–Kier alpha value is -1.23. The van der Waals surface area contributed by atoms with Gasteiger partial charge in [-0.1, -0.05) is 36.2 Å². The molecule has 106 valence electrons. The van der Waals surface area contributed by atoms with E-state index in [9.17, 15) is 4.79 Å². The summed E-state index contributed by atoms with van der Waals surface area (Å²) in [4.78, 5) is 12.1. The molecule has 1 aromatic heterocycles. The average Bonchev–Trinajstić information content (AvgIpc) is 2.81. The van der Waals surface area contributed by atoms with Crippen molar-refractivity contribution in [1.29, 1.82) is 0 Å². The Morgan fingerprint density at radius 1 is 1.35 bits per heavy atom. The van der Waals surface area contributed by atoms with Crippen LogP contribution < -0.4 is 5.73 Å². The summed E-state index contributed by atoms with van der Waals surface area (Å²) in [6.45, 7) is 2.30. The fourth-order valence-corrected chi connectivity index (χ4v) is 2.83. The van der Waals surface area contributed by atoms with Crippen LogP contribution >= 0.6 is 34.5 Å². The highest BCUT2D eigenvalue weighted by Gasteiger charge is 2.20. The van der Waals surface area contributed by atoms with E-state index in [1.54, 1.807) is 18.2 Å². The fraction of sp³-hybridized carbons (Fsp3) is 0.214. The number of nitrogens with two attached hydrogens (primary N) is 1. The molecule has 0 radical (unpaired) electrons. The maximum Gasteiger partial charge on any atom is 0.341 e. The van der Waals surface area contributed by atoms with Crippen LogP contribution in [0.15, 0.2) is 23.6 Å². The quantitative estimate of drug-likeness (QED) is 0.814. The Morgan fingerprint density at radius 3 is 2.75 bits per heavy atom. The molecule has 1 heterocycles. The smallest absolute Gasteiger partial charge is 0.341 e. The van der Waals surface area contributed by atoms with Gasteiger partial charge < -0.3 is 10.5 Å². The van der Waals surface area contributed by atoms with E-state index in [4.69, 9.17) is 33.7 Å². The number of thiophene rings is 1. The summed E-state index contributed by atoms with van der Waals surface area (Å²) in [6, 6.07) is 5.20. The van der Waals surface area contributed by atoms with Gasteiger partial charge in [0.25, 0.3) is 0 Å². The van der Waals surface area contributed by atoms with E-state index in [1.165, 1.54) is 11.3 Å². The molecule has 0 aliphatic carbocycles. The van der Waals surface area contributed by atoms with Crippen molar-refractivity contribution in [1.82, 2.24) is 0 Å². The third-order valence-electron chi connectivity index (χ3n) is 2.69. The normalized spacial score (nSPS) is 10.6. The zero-order valence-electron chi connectivity index (χ0n) is 10.8. The zero-order valence-corrected chi connectivity index (χ0v) is 13.1. The topological polar surface area (TPSA) is 52.3 Å². The lowest BCUT2D eigenvalue weighted by Crippen LogP contribution is -2.08. The molecule has 0 bridgehead atoms. The molecule has 6 heteroatoms. The van der Waals surface area contributed by atoms with Crippen LogP contribution in [0.1, 0.15) is 23.7 Å². The Labute approximate surface area is 131 Å². The molecule has 0 saturated heterocycles. The van der Waals surface area contributed by atoms with E-state index in [1.807, 2.05) is 12.3 Å². The Balaban J connectivity index is 2.42. The molecule has 3 nitrogen and oxygen atoms in total. The van der Waals surface area contributed by atoms with Crippen LogP contribution in [0, 0.1) is 0 Å². The second-order valence-corrected chi connectivity index (χ2v) is 5.88. The van der Waals surface area contributed by atoms with Crippen LogP contribution in [0.2, 0.25) is 10.0 Å². The van der Waals surface area contributed by atoms with Crippen molar-refractivity contribution in [2.75, 3.05) is 12.3 Å². The van der Waals surface area contributed by atoms with Crippen molar-refractivity contribution >= 4 is 45.5 Å². The van der Waals surface area contributed by atoms with E-state index in [0.717, 1.165) is 12.0 Å². The first-order chi connectivity index (χ1) is 9.54. The van der Waals surface area contributed by atoms with E-state index >= 15 is 0 Å². The van der Waals surface area contributed by atoms with E-state index in [-0.39, 0.29) is 0 Å². The molecule has 0 aliphatic heterocycles. The van der Waals surface area contributed by atoms with Crippen molar-refractivity contribution in [3.8, 4) is 11.1 Å². The lowest BCUT2D eigenvalue weighted by molar-refractivity contribution is 0.0508. The summed E-state index contributed by atoms with van der Waals surface area (Å²) in [5, 5.41) is 3.15. The van der Waals surface area contributed by atoms with Gasteiger partial charge in [0.15, 0.2) is 0 Å². The van der Waals surface area contributed by atoms with Gasteiger partial charge in [-0.15, -0.1) is 11.3 Å². The molecule has 2 rings (SSSR count). The largest absolute Gasteiger partial charge is 0.462 e. The van der Waals surface area contributed by atoms with Crippen molar-refractivity contribution < 1.29 is 9.53 Å². The molecule has 2 N–H and O–H groups in total. The van der Waals surface area contributed by atoms with Gasteiger partial charge in [-0.25, -0.2) is 4.79 Å². The molecule has 0 fully saturated rings. The number of anilines is 1. The molecule has 0 saturated carbocycles. The van der Waals surface area contributed by atoms with Crippen LogP contribution in [-0.2, 0) is 4.74 Å². The number of hydrogen-bond acceptors (Lipinski definition) is 4. The number of esters is 1. The highest BCUT2D eigenvalue weighted by atomic mass is 35.5. The minimum atomic E-state index is -0.410. The summed E-state index contributed by atoms with van der Waals surface area (Å²) in [7, 11) is 0. The number of hydrogen-bond donors (Lipinski definition) is 1. The van der Waals surface area contributed by atoms with Crippen molar-refractivity contribution in [2.24, 2.45) is 0 Å². The third kappa shape index (κ3) is 3.08. The highest BCUT2D eigenvalue weighted by Crippen LogP contribution is 2.36. The van der Waals surface area contributed by atoms with Gasteiger partial charge in [-0.05, 0) is 24.1 Å². The van der Waals surface area contributed by atoms with Gasteiger partial charge in [0.05, 0.1) is 16.7 Å². The van der Waals surface area contributed by atoms with Crippen molar-refractivity contribution in [3.05, 3.63) is 39.2 Å². The van der Waals surface area contributed by atoms with Crippen LogP contribution in [-0.4, -0.2) is 12.6 Å². The second kappa shape index (κ2) is 6.48. The number of ether oxygens (including phenoxy) is 1. The van der Waals surface area contributed by atoms with E-state index in [2.05, 4.69) is 0 Å². The summed E-state index contributed by atoms with van der Waals surface area (Å²) in [5.41, 5.74) is 7.77. The number of rotatable bonds is 4. The zero-order chi connectivity index (χ0) is 14.7. The van der Waals surface area contributed by atoms with Crippen LogP contribution in [0.4, 0.5) is 5.00 Å². The molecular weight excluding hydrogens is 317 g/mol. The Morgan fingerprint density at radius 2 is 2.10 bits per heavy atom. The second-order valence-electron chi connectivity index (χ2n) is 4.15. The first-order valence-electron chi connectivity index (χ1n) is 6.04. The predicted molar refractivity (Wildman–Crippen MR) is 84.8 cm³/mol. The monoisotopic (exact) mass is 329 g/mol. The van der Waals surface area contributed by atoms with Crippen molar-refractivity contribution in [2.45, 2.75) is 13.3 Å². The molecule has 2 aromatic rings. The van der Waals surface area contributed by atoms with Crippen LogP contribution in [0.3, 0.4) is 0 Å². The predicted octanol–water partition coefficient (Wildman–Crippen LogP) is 4.87. The van der Waals surface area contributed by atoms with Crippen molar-refractivity contribution in [3.63, 3.8) is 0 Å². The van der Waals surface area contributed by atoms with E-state index < -0.39 is 5.97 Å². The lowest BCUT2D eigenvalue weighted by atomic mass is 10.0. The summed E-state index contributed by atoms with van der Waals surface area (Å²) >= 11 is 13.2. The maximum atomic E-state index is 12.1. The number of benzene rings is 1. The molecule has 0 spiro atoms. The van der Waals surface area contributed by atoms with Gasteiger partial charge >= 0.3 is 5.97 Å². The Kier molecular flexibility index (Phi) is 4.91. The van der Waals surface area contributed by atoms with Gasteiger partial charge in [0.1, 0.15) is 10.6 Å². The summed E-state index contributed by atoms with van der Waals surface area (Å²) in [5.74, 6) is -0.410. The van der Waals surface area contributed by atoms with E-state index in [0.29, 0.717) is 32.8 Å². The molecule has 0 aliphatic rings. The Bertz CT molecular complexity index is 640. The number of nitrogen functional groups attached to an aromatic ring is 1. The van der Waals surface area contributed by atoms with Gasteiger partial charge in [0.2, 0.25) is 0 Å². The first kappa shape index (κ1) is 15.2. The van der Waals surface area contributed by atoms with Crippen LogP contribution in [0.5, 0.6) is 0 Å². The number of carbonyl (C=O) groups is 1. The molecule has 0 atom stereocenters. The SMILES string of the molecule is CCCOC(=O)c1c(-c2ccc(Cl)c(Cl)c2)csc1N. The van der Waals surface area contributed by atoms with Gasteiger partial charge in [0, 0.05) is 10.9 Å². The third-order valence-corrected chi connectivity index (χ3v) is 4.24. The molecule has 0 amide bonds. The van der Waals surface area contributed by atoms with Gasteiger partial charge in [-0.3, -0.25) is 0 Å². The van der Waals surface area contributed by atoms with Crippen LogP contribution in [0.25, 0.3) is 11.1 Å². The number of halogens is 2. The fourth-order valence-electron chi connectivity index (χ4n) is 1.73. The first-order valence-corrected chi connectivity index (χ1v) is 7.67. The summed E-state index contributed by atoms with van der Waals surface area (Å²) in [6.07, 6.45) is 0.762. The van der Waals surface area contributed by atoms with Gasteiger partial charge in [-0.2, -0.15) is 0 Å². The average molecular weight is 330 g/mol. The highest BCUT2D eigenvalue weighted by molar-refractivity contribution is 7.15.